The van der Waals surface area contributed by atoms with Crippen molar-refractivity contribution in [3.05, 3.63) is 34.3 Å². The van der Waals surface area contributed by atoms with Crippen molar-refractivity contribution in [2.75, 3.05) is 19.6 Å². The maximum Gasteiger partial charge on any atom is 0.0237 e. The Morgan fingerprint density at radius 1 is 1.32 bits per heavy atom. The largest absolute Gasteiger partial charge is 0.315 e. The van der Waals surface area contributed by atoms with Crippen LogP contribution in [0.5, 0.6) is 0 Å². The second kappa shape index (κ2) is 7.41. The van der Waals surface area contributed by atoms with Crippen LogP contribution in [0.25, 0.3) is 0 Å². The van der Waals surface area contributed by atoms with Crippen LogP contribution in [0.3, 0.4) is 0 Å². The van der Waals surface area contributed by atoms with E-state index in [2.05, 4.69) is 64.3 Å². The van der Waals surface area contributed by atoms with Crippen molar-refractivity contribution in [2.45, 2.75) is 39.3 Å². The molecule has 19 heavy (non-hydrogen) atoms. The average molecular weight is 325 g/mol. The molecule has 2 nitrogen and oxygen atoms in total. The minimum Gasteiger partial charge on any atom is -0.315 e. The zero-order valence-corrected chi connectivity index (χ0v) is 13.6. The van der Waals surface area contributed by atoms with E-state index in [9.17, 15) is 0 Å². The third-order valence-corrected chi connectivity index (χ3v) is 4.26. The summed E-state index contributed by atoms with van der Waals surface area (Å²) in [6.45, 7) is 9.12. The van der Waals surface area contributed by atoms with E-state index in [1.54, 1.807) is 0 Å². The third-order valence-electron chi connectivity index (χ3n) is 3.73. The van der Waals surface area contributed by atoms with Crippen LogP contribution in [0.2, 0.25) is 0 Å². The number of hydrogen-bond acceptors (Lipinski definition) is 2. The summed E-state index contributed by atoms with van der Waals surface area (Å²) >= 11 is 3.49. The molecule has 106 valence electrons. The van der Waals surface area contributed by atoms with Crippen LogP contribution in [0.4, 0.5) is 0 Å². The van der Waals surface area contributed by atoms with Crippen molar-refractivity contribution in [3.8, 4) is 0 Å². The topological polar surface area (TPSA) is 15.3 Å². The molecule has 0 amide bonds. The van der Waals surface area contributed by atoms with Gasteiger partial charge in [-0.2, -0.15) is 0 Å². The summed E-state index contributed by atoms with van der Waals surface area (Å²) in [5.74, 6) is 0.737. The number of halogens is 1. The highest BCUT2D eigenvalue weighted by atomic mass is 79.9. The van der Waals surface area contributed by atoms with Crippen LogP contribution in [0.15, 0.2) is 28.7 Å². The van der Waals surface area contributed by atoms with Gasteiger partial charge in [0.15, 0.2) is 0 Å². The predicted molar refractivity (Wildman–Crippen MR) is 85.3 cm³/mol. The fourth-order valence-corrected chi connectivity index (χ4v) is 2.96. The lowest BCUT2D eigenvalue weighted by atomic mass is 10.1. The molecule has 2 rings (SSSR count). The molecule has 0 bridgehead atoms. The summed E-state index contributed by atoms with van der Waals surface area (Å²) < 4.78 is 1.16. The van der Waals surface area contributed by atoms with E-state index in [0.29, 0.717) is 6.04 Å². The Kier molecular flexibility index (Phi) is 5.86. The first-order valence-electron chi connectivity index (χ1n) is 7.34. The SMILES string of the molecule is CC(C)CNCC1CCCN1Cc1ccc(Br)cc1. The van der Waals surface area contributed by atoms with Crippen molar-refractivity contribution in [1.82, 2.24) is 10.2 Å². The number of nitrogens with zero attached hydrogens (tertiary/aromatic N) is 1. The molecule has 1 N–H and O–H groups in total. The van der Waals surface area contributed by atoms with Gasteiger partial charge in [0, 0.05) is 23.6 Å². The number of nitrogens with one attached hydrogen (secondary N) is 1. The van der Waals surface area contributed by atoms with Gasteiger partial charge in [0.2, 0.25) is 0 Å². The third kappa shape index (κ3) is 4.90. The molecule has 1 fully saturated rings. The Labute approximate surface area is 125 Å². The van der Waals surface area contributed by atoms with E-state index in [4.69, 9.17) is 0 Å². The first kappa shape index (κ1) is 15.0. The smallest absolute Gasteiger partial charge is 0.0237 e. The molecule has 0 aliphatic carbocycles. The van der Waals surface area contributed by atoms with Gasteiger partial charge in [-0.15, -0.1) is 0 Å². The summed E-state index contributed by atoms with van der Waals surface area (Å²) in [6.07, 6.45) is 2.67. The van der Waals surface area contributed by atoms with Gasteiger partial charge in [0.25, 0.3) is 0 Å². The molecule has 1 aromatic rings. The molecule has 0 aromatic heterocycles. The molecule has 0 spiro atoms. The number of benzene rings is 1. The molecular weight excluding hydrogens is 300 g/mol. The summed E-state index contributed by atoms with van der Waals surface area (Å²) in [5, 5.41) is 3.60. The van der Waals surface area contributed by atoms with E-state index in [0.717, 1.165) is 30.0 Å². The maximum absolute atomic E-state index is 3.60. The van der Waals surface area contributed by atoms with Crippen LogP contribution in [0.1, 0.15) is 32.3 Å². The van der Waals surface area contributed by atoms with Crippen LogP contribution in [-0.4, -0.2) is 30.6 Å². The standard InChI is InChI=1S/C16H25BrN2/c1-13(2)10-18-11-16-4-3-9-19(16)12-14-5-7-15(17)8-6-14/h5-8,13,16,18H,3-4,9-12H2,1-2H3. The van der Waals surface area contributed by atoms with Gasteiger partial charge in [-0.05, 0) is 49.5 Å². The fourth-order valence-electron chi connectivity index (χ4n) is 2.70. The summed E-state index contributed by atoms with van der Waals surface area (Å²) in [7, 11) is 0. The molecule has 1 atom stereocenters. The maximum atomic E-state index is 3.60. The van der Waals surface area contributed by atoms with Gasteiger partial charge in [0.1, 0.15) is 0 Å². The number of likely N-dealkylation sites (tertiary alicyclic amines) is 1. The molecule has 3 heteroatoms. The first-order valence-corrected chi connectivity index (χ1v) is 8.13. The summed E-state index contributed by atoms with van der Waals surface area (Å²) in [5.41, 5.74) is 1.42. The zero-order chi connectivity index (χ0) is 13.7. The summed E-state index contributed by atoms with van der Waals surface area (Å²) in [4.78, 5) is 2.62. The molecule has 1 heterocycles. The Balaban J connectivity index is 1.83. The molecule has 1 aliphatic heterocycles. The zero-order valence-electron chi connectivity index (χ0n) is 12.0. The van der Waals surface area contributed by atoms with E-state index in [1.807, 2.05) is 0 Å². The van der Waals surface area contributed by atoms with Gasteiger partial charge >= 0.3 is 0 Å². The molecule has 0 radical (unpaired) electrons. The van der Waals surface area contributed by atoms with E-state index in [-0.39, 0.29) is 0 Å². The van der Waals surface area contributed by atoms with E-state index in [1.165, 1.54) is 24.9 Å². The second-order valence-electron chi connectivity index (χ2n) is 5.95. The molecule has 1 saturated heterocycles. The van der Waals surface area contributed by atoms with Gasteiger partial charge in [-0.1, -0.05) is 41.9 Å². The van der Waals surface area contributed by atoms with Crippen molar-refractivity contribution < 1.29 is 0 Å². The van der Waals surface area contributed by atoms with Crippen molar-refractivity contribution in [2.24, 2.45) is 5.92 Å². The summed E-state index contributed by atoms with van der Waals surface area (Å²) in [6, 6.07) is 9.43. The quantitative estimate of drug-likeness (QED) is 0.859. The van der Waals surface area contributed by atoms with Crippen molar-refractivity contribution in [1.29, 1.82) is 0 Å². The fraction of sp³-hybridized carbons (Fsp3) is 0.625. The van der Waals surface area contributed by atoms with Crippen LogP contribution in [0, 0.1) is 5.92 Å². The van der Waals surface area contributed by atoms with Crippen LogP contribution >= 0.6 is 15.9 Å². The number of hydrogen-bond donors (Lipinski definition) is 1. The van der Waals surface area contributed by atoms with Crippen molar-refractivity contribution in [3.63, 3.8) is 0 Å². The van der Waals surface area contributed by atoms with E-state index >= 15 is 0 Å². The second-order valence-corrected chi connectivity index (χ2v) is 6.86. The van der Waals surface area contributed by atoms with Gasteiger partial charge < -0.3 is 5.32 Å². The average Bonchev–Trinajstić information content (AvgIpc) is 2.79. The van der Waals surface area contributed by atoms with Crippen molar-refractivity contribution >= 4 is 15.9 Å². The molecular formula is C16H25BrN2. The Morgan fingerprint density at radius 2 is 2.05 bits per heavy atom. The molecule has 0 saturated carbocycles. The van der Waals surface area contributed by atoms with Crippen LogP contribution in [-0.2, 0) is 6.54 Å². The lowest BCUT2D eigenvalue weighted by Crippen LogP contribution is -2.38. The van der Waals surface area contributed by atoms with Gasteiger partial charge in [-0.25, -0.2) is 0 Å². The lowest BCUT2D eigenvalue weighted by Gasteiger charge is -2.25. The highest BCUT2D eigenvalue weighted by Crippen LogP contribution is 2.20. The monoisotopic (exact) mass is 324 g/mol. The minimum absolute atomic E-state index is 0.711. The van der Waals surface area contributed by atoms with E-state index < -0.39 is 0 Å². The predicted octanol–water partition coefficient (Wildman–Crippen LogP) is 3.66. The minimum atomic E-state index is 0.711. The highest BCUT2D eigenvalue weighted by Gasteiger charge is 2.23. The Bertz CT molecular complexity index is 375. The van der Waals surface area contributed by atoms with Gasteiger partial charge in [0.05, 0.1) is 0 Å². The first-order chi connectivity index (χ1) is 9.15. The lowest BCUT2D eigenvalue weighted by molar-refractivity contribution is 0.237. The van der Waals surface area contributed by atoms with Crippen LogP contribution < -0.4 is 5.32 Å². The molecule has 1 aliphatic rings. The normalized spacial score (nSPS) is 20.3. The number of rotatable bonds is 6. The molecule has 1 unspecified atom stereocenters. The molecule has 1 aromatic carbocycles. The van der Waals surface area contributed by atoms with Gasteiger partial charge in [-0.3, -0.25) is 4.90 Å². The Hall–Kier alpha value is -0.380. The highest BCUT2D eigenvalue weighted by molar-refractivity contribution is 9.10. The Morgan fingerprint density at radius 3 is 2.74 bits per heavy atom.